The monoisotopic (exact) mass is 185 g/mol. The molecule has 2 saturated heterocycles. The molecule has 2 aliphatic heterocycles. The molecule has 0 spiro atoms. The van der Waals surface area contributed by atoms with Crippen LogP contribution in [0.2, 0.25) is 0 Å². The fraction of sp³-hybridized carbons (Fsp3) is 0.750. The molecule has 2 rings (SSSR count). The van der Waals surface area contributed by atoms with Crippen molar-refractivity contribution in [1.82, 2.24) is 4.90 Å². The first-order valence-corrected chi connectivity index (χ1v) is 4.39. The quantitative estimate of drug-likeness (QED) is 0.613. The van der Waals surface area contributed by atoms with Crippen molar-refractivity contribution in [3.8, 4) is 0 Å². The Morgan fingerprint density at radius 2 is 2.23 bits per heavy atom. The van der Waals surface area contributed by atoms with Crippen molar-refractivity contribution in [3.05, 3.63) is 0 Å². The summed E-state index contributed by atoms with van der Waals surface area (Å²) in [7, 11) is 0. The van der Waals surface area contributed by atoms with E-state index in [0.717, 1.165) is 12.8 Å². The predicted molar refractivity (Wildman–Crippen MR) is 42.0 cm³/mol. The third-order valence-electron chi connectivity index (χ3n) is 2.67. The Morgan fingerprint density at radius 1 is 1.46 bits per heavy atom. The van der Waals surface area contributed by atoms with Crippen LogP contribution in [0.15, 0.2) is 0 Å². The number of carbonyl (C=O) groups excluding carboxylic acids is 1. The van der Waals surface area contributed by atoms with Crippen molar-refractivity contribution in [2.24, 2.45) is 0 Å². The third kappa shape index (κ3) is 1.34. The normalized spacial score (nSPS) is 32.0. The van der Waals surface area contributed by atoms with Crippen LogP contribution in [0.3, 0.4) is 0 Å². The summed E-state index contributed by atoms with van der Waals surface area (Å²) in [6.07, 6.45) is 1.05. The van der Waals surface area contributed by atoms with Crippen LogP contribution < -0.4 is 0 Å². The molecule has 0 aromatic heterocycles. The second-order valence-electron chi connectivity index (χ2n) is 3.41. The van der Waals surface area contributed by atoms with Gasteiger partial charge in [0.05, 0.1) is 0 Å². The predicted octanol–water partition coefficient (Wildman–Crippen LogP) is 0.792. The van der Waals surface area contributed by atoms with Crippen LogP contribution in [0, 0.1) is 0 Å². The van der Waals surface area contributed by atoms with E-state index in [0.29, 0.717) is 12.8 Å². The zero-order chi connectivity index (χ0) is 9.42. The number of fused-ring (bicyclic) bond motifs is 1. The molecule has 2 heterocycles. The van der Waals surface area contributed by atoms with E-state index in [4.69, 9.17) is 5.11 Å². The summed E-state index contributed by atoms with van der Waals surface area (Å²) in [4.78, 5) is 23.2. The van der Waals surface area contributed by atoms with E-state index in [1.54, 1.807) is 4.90 Å². The number of nitrogens with zero attached hydrogens (tertiary/aromatic N) is 1. The topological polar surface area (TPSA) is 66.8 Å². The van der Waals surface area contributed by atoms with Crippen LogP contribution in [-0.2, 0) is 9.53 Å². The van der Waals surface area contributed by atoms with Crippen molar-refractivity contribution in [2.45, 2.75) is 38.0 Å². The lowest BCUT2D eigenvalue weighted by Crippen LogP contribution is -2.37. The molecule has 5 heteroatoms. The standard InChI is InChI=1S/C8H11NO4/c10-6-3-1-5-2-4-7(9(5)6)13-8(11)12/h5,7H,1-4H2,(H,11,12). The zero-order valence-corrected chi connectivity index (χ0v) is 7.10. The number of carbonyl (C=O) groups is 2. The minimum atomic E-state index is -1.30. The van der Waals surface area contributed by atoms with Gasteiger partial charge in [0.2, 0.25) is 5.91 Å². The Bertz CT molecular complexity index is 253. The highest BCUT2D eigenvalue weighted by molar-refractivity contribution is 5.79. The van der Waals surface area contributed by atoms with E-state index in [2.05, 4.69) is 4.74 Å². The van der Waals surface area contributed by atoms with Gasteiger partial charge in [-0.05, 0) is 12.8 Å². The molecule has 0 aromatic carbocycles. The summed E-state index contributed by atoms with van der Waals surface area (Å²) in [6.45, 7) is 0. The second kappa shape index (κ2) is 2.90. The summed E-state index contributed by atoms with van der Waals surface area (Å²) in [6, 6.07) is 0.219. The fourth-order valence-corrected chi connectivity index (χ4v) is 2.15. The van der Waals surface area contributed by atoms with Crippen LogP contribution in [0.25, 0.3) is 0 Å². The number of hydrogen-bond acceptors (Lipinski definition) is 3. The van der Waals surface area contributed by atoms with E-state index in [1.807, 2.05) is 0 Å². The Balaban J connectivity index is 2.06. The molecule has 5 nitrogen and oxygen atoms in total. The average molecular weight is 185 g/mol. The highest BCUT2D eigenvalue weighted by Crippen LogP contribution is 2.33. The van der Waals surface area contributed by atoms with Gasteiger partial charge in [-0.15, -0.1) is 0 Å². The van der Waals surface area contributed by atoms with E-state index in [-0.39, 0.29) is 11.9 Å². The number of ether oxygens (including phenoxy) is 1. The average Bonchev–Trinajstić information content (AvgIpc) is 2.56. The van der Waals surface area contributed by atoms with E-state index in [1.165, 1.54) is 0 Å². The van der Waals surface area contributed by atoms with Crippen LogP contribution in [-0.4, -0.2) is 34.3 Å². The molecule has 0 aliphatic carbocycles. The zero-order valence-electron chi connectivity index (χ0n) is 7.10. The molecule has 2 unspecified atom stereocenters. The van der Waals surface area contributed by atoms with Gasteiger partial charge in [-0.3, -0.25) is 4.79 Å². The van der Waals surface area contributed by atoms with Crippen molar-refractivity contribution in [2.75, 3.05) is 0 Å². The van der Waals surface area contributed by atoms with Gasteiger partial charge in [0.15, 0.2) is 6.23 Å². The van der Waals surface area contributed by atoms with Gasteiger partial charge < -0.3 is 14.7 Å². The first kappa shape index (κ1) is 8.34. The Hall–Kier alpha value is -1.26. The van der Waals surface area contributed by atoms with Gasteiger partial charge in [0.25, 0.3) is 0 Å². The highest BCUT2D eigenvalue weighted by atomic mass is 16.7. The smallest absolute Gasteiger partial charge is 0.450 e. The molecule has 13 heavy (non-hydrogen) atoms. The van der Waals surface area contributed by atoms with E-state index >= 15 is 0 Å². The van der Waals surface area contributed by atoms with E-state index in [9.17, 15) is 9.59 Å². The van der Waals surface area contributed by atoms with E-state index < -0.39 is 12.4 Å². The summed E-state index contributed by atoms with van der Waals surface area (Å²) >= 11 is 0. The molecule has 2 fully saturated rings. The van der Waals surface area contributed by atoms with Gasteiger partial charge in [0, 0.05) is 18.9 Å². The number of rotatable bonds is 1. The first-order valence-electron chi connectivity index (χ1n) is 4.39. The Kier molecular flexibility index (Phi) is 1.86. The maximum Gasteiger partial charge on any atom is 0.507 e. The summed E-state index contributed by atoms with van der Waals surface area (Å²) in [5.41, 5.74) is 0. The molecule has 2 aliphatic rings. The van der Waals surface area contributed by atoms with Gasteiger partial charge in [-0.2, -0.15) is 0 Å². The van der Waals surface area contributed by atoms with Crippen molar-refractivity contribution in [1.29, 1.82) is 0 Å². The second-order valence-corrected chi connectivity index (χ2v) is 3.41. The van der Waals surface area contributed by atoms with Crippen LogP contribution in [0.1, 0.15) is 25.7 Å². The number of carboxylic acid groups (broad SMARTS) is 1. The third-order valence-corrected chi connectivity index (χ3v) is 2.67. The number of amides is 1. The fourth-order valence-electron chi connectivity index (χ4n) is 2.15. The van der Waals surface area contributed by atoms with Crippen LogP contribution in [0.4, 0.5) is 4.79 Å². The summed E-state index contributed by atoms with van der Waals surface area (Å²) in [5.74, 6) is 0.0220. The van der Waals surface area contributed by atoms with Crippen LogP contribution in [0.5, 0.6) is 0 Å². The van der Waals surface area contributed by atoms with Crippen LogP contribution >= 0.6 is 0 Å². The lowest BCUT2D eigenvalue weighted by Gasteiger charge is -2.22. The molecular formula is C8H11NO4. The molecule has 0 radical (unpaired) electrons. The molecule has 2 atom stereocenters. The first-order chi connectivity index (χ1) is 6.18. The molecule has 72 valence electrons. The van der Waals surface area contributed by atoms with Gasteiger partial charge in [-0.25, -0.2) is 4.79 Å². The Labute approximate surface area is 75.3 Å². The summed E-state index contributed by atoms with van der Waals surface area (Å²) in [5, 5.41) is 8.42. The molecular weight excluding hydrogens is 174 g/mol. The maximum atomic E-state index is 11.3. The minimum absolute atomic E-state index is 0.0220. The molecule has 0 aromatic rings. The van der Waals surface area contributed by atoms with Gasteiger partial charge in [-0.1, -0.05) is 0 Å². The van der Waals surface area contributed by atoms with Crippen molar-refractivity contribution < 1.29 is 19.4 Å². The lowest BCUT2D eigenvalue weighted by molar-refractivity contribution is -0.136. The maximum absolute atomic E-state index is 11.3. The van der Waals surface area contributed by atoms with Crippen molar-refractivity contribution >= 4 is 12.1 Å². The van der Waals surface area contributed by atoms with Gasteiger partial charge in [0.1, 0.15) is 0 Å². The molecule has 0 saturated carbocycles. The number of hydrogen-bond donors (Lipinski definition) is 1. The lowest BCUT2D eigenvalue weighted by atomic mass is 10.1. The molecule has 1 N–H and O–H groups in total. The molecule has 1 amide bonds. The highest BCUT2D eigenvalue weighted by Gasteiger charge is 2.43. The minimum Gasteiger partial charge on any atom is -0.450 e. The molecule has 0 bridgehead atoms. The summed E-state index contributed by atoms with van der Waals surface area (Å²) < 4.78 is 4.62. The Morgan fingerprint density at radius 3 is 2.92 bits per heavy atom. The van der Waals surface area contributed by atoms with Crippen molar-refractivity contribution in [3.63, 3.8) is 0 Å². The van der Waals surface area contributed by atoms with Gasteiger partial charge >= 0.3 is 6.16 Å². The SMILES string of the molecule is O=C(O)OC1CCC2CCC(=O)N21. The largest absolute Gasteiger partial charge is 0.507 e.